The zero-order chi connectivity index (χ0) is 22.2. The largest absolute Gasteiger partial charge is 0.456 e. The summed E-state index contributed by atoms with van der Waals surface area (Å²) >= 11 is 0. The van der Waals surface area contributed by atoms with Gasteiger partial charge in [-0.2, -0.15) is 5.26 Å². The van der Waals surface area contributed by atoms with Crippen LogP contribution in [0.1, 0.15) is 24.2 Å². The summed E-state index contributed by atoms with van der Waals surface area (Å²) in [6.45, 7) is 1.75. The fraction of sp³-hybridized carbons (Fsp3) is 0.261. The lowest BCUT2D eigenvalue weighted by atomic mass is 10.2. The number of hydrogen-bond donors (Lipinski definition) is 1. The van der Waals surface area contributed by atoms with Gasteiger partial charge in [-0.25, -0.2) is 4.98 Å². The maximum Gasteiger partial charge on any atom is 0.306 e. The number of carbonyl (C=O) groups is 2. The molecule has 0 saturated heterocycles. The number of nitrogens with one attached hydrogen (secondary N) is 1. The Morgan fingerprint density at radius 2 is 1.90 bits per heavy atom. The van der Waals surface area contributed by atoms with E-state index in [1.54, 1.807) is 24.3 Å². The summed E-state index contributed by atoms with van der Waals surface area (Å²) < 4.78 is 6.49. The molecule has 0 spiro atoms. The Morgan fingerprint density at radius 3 is 2.65 bits per heavy atom. The van der Waals surface area contributed by atoms with Crippen molar-refractivity contribution in [3.63, 3.8) is 0 Å². The highest BCUT2D eigenvalue weighted by Gasteiger charge is 2.15. The molecule has 0 saturated carbocycles. The molecule has 31 heavy (non-hydrogen) atoms. The van der Waals surface area contributed by atoms with Gasteiger partial charge in [-0.1, -0.05) is 29.8 Å². The molecule has 3 aromatic rings. The van der Waals surface area contributed by atoms with Crippen LogP contribution >= 0.6 is 0 Å². The summed E-state index contributed by atoms with van der Waals surface area (Å²) in [5.41, 5.74) is 2.06. The van der Waals surface area contributed by atoms with Crippen molar-refractivity contribution in [1.82, 2.24) is 14.9 Å². The van der Waals surface area contributed by atoms with Gasteiger partial charge in [0.05, 0.1) is 35.5 Å². The normalized spacial score (nSPS) is 10.5. The molecule has 0 atom stereocenters. The molecule has 0 bridgehead atoms. The molecule has 1 heterocycles. The number of benzene rings is 2. The number of nitriles is 1. The van der Waals surface area contributed by atoms with Gasteiger partial charge in [-0.05, 0) is 31.2 Å². The van der Waals surface area contributed by atoms with E-state index in [1.807, 2.05) is 37.3 Å². The predicted octanol–water partition coefficient (Wildman–Crippen LogP) is 2.20. The number of aryl methyl sites for hydroxylation is 2. The lowest BCUT2D eigenvalue weighted by molar-refractivity contribution is -0.148. The van der Waals surface area contributed by atoms with Gasteiger partial charge in [0.1, 0.15) is 5.82 Å². The third kappa shape index (κ3) is 5.54. The molecule has 0 fully saturated rings. The standard InChI is InChI=1S/C23H22N4O4/c1-16-7-9-17(10-8-16)27-20(26-19-6-3-2-5-18(19)23(27)30)11-12-22(29)31-15-21(28)25-14-4-13-24/h2-3,5-10H,4,11-12,14-15H2,1H3,(H,25,28). The van der Waals surface area contributed by atoms with Gasteiger partial charge in [0.25, 0.3) is 11.5 Å². The molecule has 1 N–H and O–H groups in total. The summed E-state index contributed by atoms with van der Waals surface area (Å²) in [7, 11) is 0. The first-order valence-electron chi connectivity index (χ1n) is 9.86. The Bertz CT molecular complexity index is 1190. The number of amides is 1. The molecule has 8 heteroatoms. The first kappa shape index (κ1) is 21.7. The van der Waals surface area contributed by atoms with Crippen molar-refractivity contribution in [2.24, 2.45) is 0 Å². The molecule has 0 aliphatic heterocycles. The molecule has 0 radical (unpaired) electrons. The molecule has 158 valence electrons. The molecule has 0 aliphatic carbocycles. The van der Waals surface area contributed by atoms with Crippen LogP contribution in [0.2, 0.25) is 0 Å². The van der Waals surface area contributed by atoms with Crippen LogP contribution in [0, 0.1) is 18.3 Å². The van der Waals surface area contributed by atoms with Crippen LogP contribution in [0.3, 0.4) is 0 Å². The molecular weight excluding hydrogens is 396 g/mol. The fourth-order valence-electron chi connectivity index (χ4n) is 3.05. The van der Waals surface area contributed by atoms with Crippen LogP contribution in [-0.4, -0.2) is 34.6 Å². The van der Waals surface area contributed by atoms with E-state index >= 15 is 0 Å². The van der Waals surface area contributed by atoms with Crippen molar-refractivity contribution in [2.75, 3.05) is 13.2 Å². The van der Waals surface area contributed by atoms with Crippen LogP contribution in [0.25, 0.3) is 16.6 Å². The summed E-state index contributed by atoms with van der Waals surface area (Å²) in [5.74, 6) is -0.611. The Hall–Kier alpha value is -3.99. The minimum Gasteiger partial charge on any atom is -0.456 e. The number of rotatable bonds is 8. The summed E-state index contributed by atoms with van der Waals surface area (Å²) in [4.78, 5) is 41.5. The Morgan fingerprint density at radius 1 is 1.16 bits per heavy atom. The van der Waals surface area contributed by atoms with Crippen molar-refractivity contribution >= 4 is 22.8 Å². The molecule has 1 amide bonds. The monoisotopic (exact) mass is 418 g/mol. The van der Waals surface area contributed by atoms with Gasteiger partial charge in [0.2, 0.25) is 0 Å². The molecule has 1 aromatic heterocycles. The van der Waals surface area contributed by atoms with E-state index in [2.05, 4.69) is 10.3 Å². The number of aromatic nitrogens is 2. The predicted molar refractivity (Wildman–Crippen MR) is 115 cm³/mol. The lowest BCUT2D eigenvalue weighted by Crippen LogP contribution is -2.29. The number of hydrogen-bond acceptors (Lipinski definition) is 6. The molecule has 8 nitrogen and oxygen atoms in total. The van der Waals surface area contributed by atoms with Gasteiger partial charge in [0.15, 0.2) is 6.61 Å². The highest BCUT2D eigenvalue weighted by atomic mass is 16.5. The summed E-state index contributed by atoms with van der Waals surface area (Å²) in [6.07, 6.45) is 0.314. The number of esters is 1. The van der Waals surface area contributed by atoms with E-state index in [-0.39, 0.29) is 31.4 Å². The van der Waals surface area contributed by atoms with E-state index in [0.29, 0.717) is 22.4 Å². The van der Waals surface area contributed by atoms with Crippen LogP contribution in [0.15, 0.2) is 53.3 Å². The fourth-order valence-corrected chi connectivity index (χ4v) is 3.05. The second kappa shape index (κ2) is 10.2. The summed E-state index contributed by atoms with van der Waals surface area (Å²) in [5, 5.41) is 11.4. The quantitative estimate of drug-likeness (QED) is 0.443. The second-order valence-electron chi connectivity index (χ2n) is 6.94. The number of fused-ring (bicyclic) bond motifs is 1. The first-order chi connectivity index (χ1) is 15.0. The van der Waals surface area contributed by atoms with Crippen molar-refractivity contribution in [3.8, 4) is 11.8 Å². The number of carbonyl (C=O) groups excluding carboxylic acids is 2. The zero-order valence-electron chi connectivity index (χ0n) is 17.1. The van der Waals surface area contributed by atoms with Crippen molar-refractivity contribution in [3.05, 3.63) is 70.3 Å². The smallest absolute Gasteiger partial charge is 0.306 e. The number of ether oxygens (including phenoxy) is 1. The van der Waals surface area contributed by atoms with E-state index in [0.717, 1.165) is 5.56 Å². The van der Waals surface area contributed by atoms with Gasteiger partial charge in [-0.3, -0.25) is 19.0 Å². The summed E-state index contributed by atoms with van der Waals surface area (Å²) in [6, 6.07) is 16.4. The molecular formula is C23H22N4O4. The number of para-hydroxylation sites is 1. The highest BCUT2D eigenvalue weighted by Crippen LogP contribution is 2.15. The van der Waals surface area contributed by atoms with Crippen LogP contribution in [0.4, 0.5) is 0 Å². The van der Waals surface area contributed by atoms with E-state index in [4.69, 9.17) is 10.00 Å². The minimum atomic E-state index is -0.576. The van der Waals surface area contributed by atoms with E-state index < -0.39 is 18.5 Å². The van der Waals surface area contributed by atoms with Crippen molar-refractivity contribution in [2.45, 2.75) is 26.2 Å². The first-order valence-corrected chi connectivity index (χ1v) is 9.86. The van der Waals surface area contributed by atoms with E-state index in [9.17, 15) is 14.4 Å². The average Bonchev–Trinajstić information content (AvgIpc) is 2.77. The van der Waals surface area contributed by atoms with Gasteiger partial charge in [-0.15, -0.1) is 0 Å². The lowest BCUT2D eigenvalue weighted by Gasteiger charge is -2.14. The molecule has 2 aromatic carbocycles. The third-order valence-corrected chi connectivity index (χ3v) is 4.61. The van der Waals surface area contributed by atoms with E-state index in [1.165, 1.54) is 4.57 Å². The SMILES string of the molecule is Cc1ccc(-n2c(CCC(=O)OCC(=O)NCCC#N)nc3ccccc3c2=O)cc1. The highest BCUT2D eigenvalue weighted by molar-refractivity contribution is 5.80. The van der Waals surface area contributed by atoms with Crippen molar-refractivity contribution in [1.29, 1.82) is 5.26 Å². The topological polar surface area (TPSA) is 114 Å². The third-order valence-electron chi connectivity index (χ3n) is 4.61. The average molecular weight is 418 g/mol. The molecule has 0 unspecified atom stereocenters. The Kier molecular flexibility index (Phi) is 7.12. The second-order valence-corrected chi connectivity index (χ2v) is 6.94. The molecule has 3 rings (SSSR count). The zero-order valence-corrected chi connectivity index (χ0v) is 17.1. The Balaban J connectivity index is 1.78. The maximum atomic E-state index is 13.2. The Labute approximate surface area is 179 Å². The van der Waals surface area contributed by atoms with Gasteiger partial charge < -0.3 is 10.1 Å². The van der Waals surface area contributed by atoms with Crippen LogP contribution in [-0.2, 0) is 20.7 Å². The molecule has 0 aliphatic rings. The van der Waals surface area contributed by atoms with Gasteiger partial charge >= 0.3 is 5.97 Å². The van der Waals surface area contributed by atoms with Crippen molar-refractivity contribution < 1.29 is 14.3 Å². The van der Waals surface area contributed by atoms with Crippen LogP contribution < -0.4 is 10.9 Å². The maximum absolute atomic E-state index is 13.2. The minimum absolute atomic E-state index is 0.0396. The van der Waals surface area contributed by atoms with Crippen LogP contribution in [0.5, 0.6) is 0 Å². The number of nitrogens with zero attached hydrogens (tertiary/aromatic N) is 3. The van der Waals surface area contributed by atoms with Gasteiger partial charge in [0, 0.05) is 13.0 Å².